The van der Waals surface area contributed by atoms with Gasteiger partial charge in [0.2, 0.25) is 0 Å². The minimum Gasteiger partial charge on any atom is -0.382 e. The summed E-state index contributed by atoms with van der Waals surface area (Å²) >= 11 is 0. The highest BCUT2D eigenvalue weighted by Gasteiger charge is 2.05. The van der Waals surface area contributed by atoms with Gasteiger partial charge in [-0.3, -0.25) is 0 Å². The first kappa shape index (κ1) is 11.5. The van der Waals surface area contributed by atoms with Crippen LogP contribution in [0.3, 0.4) is 0 Å². The molecule has 0 aliphatic rings. The van der Waals surface area contributed by atoms with Gasteiger partial charge in [-0.25, -0.2) is 4.98 Å². The van der Waals surface area contributed by atoms with E-state index < -0.39 is 0 Å². The molecule has 0 bridgehead atoms. The van der Waals surface area contributed by atoms with Gasteiger partial charge in [0.05, 0.1) is 6.61 Å². The topological polar surface area (TPSA) is 76.0 Å². The zero-order valence-corrected chi connectivity index (χ0v) is 9.95. The summed E-state index contributed by atoms with van der Waals surface area (Å²) in [7, 11) is 1.68. The standard InChI is InChI=1S/C12H16N4O/c1-8-14-11(13)12(15-8)16-10-5-3-4-9(6-10)7-17-2/h3-6,16H,7,13H2,1-2H3,(H,14,15). The van der Waals surface area contributed by atoms with Crippen LogP contribution in [0.1, 0.15) is 11.4 Å². The molecule has 0 atom stereocenters. The van der Waals surface area contributed by atoms with Crippen LogP contribution in [-0.4, -0.2) is 17.1 Å². The molecule has 0 aliphatic heterocycles. The maximum Gasteiger partial charge on any atom is 0.173 e. The third kappa shape index (κ3) is 2.76. The summed E-state index contributed by atoms with van der Waals surface area (Å²) in [6.07, 6.45) is 0. The van der Waals surface area contributed by atoms with E-state index in [9.17, 15) is 0 Å². The van der Waals surface area contributed by atoms with E-state index in [1.807, 2.05) is 31.2 Å². The lowest BCUT2D eigenvalue weighted by atomic mass is 10.2. The van der Waals surface area contributed by atoms with Crippen molar-refractivity contribution in [1.29, 1.82) is 0 Å². The van der Waals surface area contributed by atoms with Gasteiger partial charge in [0.15, 0.2) is 5.82 Å². The highest BCUT2D eigenvalue weighted by atomic mass is 16.5. The summed E-state index contributed by atoms with van der Waals surface area (Å²) in [5.41, 5.74) is 7.82. The predicted molar refractivity (Wildman–Crippen MR) is 68.2 cm³/mol. The Kier molecular flexibility index (Phi) is 3.30. The number of ether oxygens (including phenoxy) is 1. The van der Waals surface area contributed by atoms with Crippen molar-refractivity contribution < 1.29 is 4.74 Å². The fraction of sp³-hybridized carbons (Fsp3) is 0.250. The molecule has 90 valence electrons. The van der Waals surface area contributed by atoms with Gasteiger partial charge in [0, 0.05) is 12.8 Å². The van der Waals surface area contributed by atoms with Gasteiger partial charge in [-0.2, -0.15) is 0 Å². The van der Waals surface area contributed by atoms with Gasteiger partial charge in [-0.1, -0.05) is 12.1 Å². The van der Waals surface area contributed by atoms with Gasteiger partial charge in [0.1, 0.15) is 11.6 Å². The Morgan fingerprint density at radius 3 is 2.94 bits per heavy atom. The minimum atomic E-state index is 0.541. The molecule has 0 saturated heterocycles. The number of nitrogens with zero attached hydrogens (tertiary/aromatic N) is 1. The lowest BCUT2D eigenvalue weighted by Crippen LogP contribution is -1.96. The monoisotopic (exact) mass is 232 g/mol. The van der Waals surface area contributed by atoms with Crippen LogP contribution < -0.4 is 11.1 Å². The van der Waals surface area contributed by atoms with Crippen molar-refractivity contribution in [3.05, 3.63) is 35.7 Å². The molecule has 17 heavy (non-hydrogen) atoms. The van der Waals surface area contributed by atoms with Crippen molar-refractivity contribution in [1.82, 2.24) is 9.97 Å². The summed E-state index contributed by atoms with van der Waals surface area (Å²) in [5, 5.41) is 3.17. The highest BCUT2D eigenvalue weighted by molar-refractivity contribution is 5.66. The number of methoxy groups -OCH3 is 1. The number of anilines is 3. The molecule has 0 radical (unpaired) electrons. The van der Waals surface area contributed by atoms with E-state index in [-0.39, 0.29) is 0 Å². The Morgan fingerprint density at radius 1 is 1.47 bits per heavy atom. The molecule has 2 rings (SSSR count). The normalized spacial score (nSPS) is 10.5. The molecule has 0 fully saturated rings. The van der Waals surface area contributed by atoms with E-state index in [0.29, 0.717) is 18.2 Å². The molecule has 2 aromatic rings. The second-order valence-corrected chi connectivity index (χ2v) is 3.84. The second-order valence-electron chi connectivity index (χ2n) is 3.84. The average molecular weight is 232 g/mol. The molecule has 1 aromatic carbocycles. The summed E-state index contributed by atoms with van der Waals surface area (Å²) in [6.45, 7) is 2.45. The molecule has 0 saturated carbocycles. The van der Waals surface area contributed by atoms with Gasteiger partial charge < -0.3 is 20.8 Å². The smallest absolute Gasteiger partial charge is 0.173 e. The number of hydrogen-bond acceptors (Lipinski definition) is 4. The number of H-pyrrole nitrogens is 1. The fourth-order valence-corrected chi connectivity index (χ4v) is 1.65. The lowest BCUT2D eigenvalue weighted by molar-refractivity contribution is 0.185. The first-order valence-corrected chi connectivity index (χ1v) is 5.36. The molecule has 0 spiro atoms. The number of rotatable bonds is 4. The number of nitrogens with two attached hydrogens (primary N) is 1. The van der Waals surface area contributed by atoms with Crippen molar-refractivity contribution in [3.8, 4) is 0 Å². The number of hydrogen-bond donors (Lipinski definition) is 3. The molecular weight excluding hydrogens is 216 g/mol. The van der Waals surface area contributed by atoms with Crippen molar-refractivity contribution in [2.45, 2.75) is 13.5 Å². The van der Waals surface area contributed by atoms with Crippen molar-refractivity contribution in [3.63, 3.8) is 0 Å². The zero-order chi connectivity index (χ0) is 12.3. The summed E-state index contributed by atoms with van der Waals surface area (Å²) in [4.78, 5) is 7.21. The van der Waals surface area contributed by atoms with Crippen LogP contribution in [0.25, 0.3) is 0 Å². The number of nitrogen functional groups attached to an aromatic ring is 1. The van der Waals surface area contributed by atoms with Gasteiger partial charge in [0.25, 0.3) is 0 Å². The molecule has 4 N–H and O–H groups in total. The first-order chi connectivity index (χ1) is 8.19. The Hall–Kier alpha value is -2.01. The summed E-state index contributed by atoms with van der Waals surface area (Å²) in [6, 6.07) is 7.94. The molecule has 0 amide bonds. The minimum absolute atomic E-state index is 0.541. The molecular formula is C12H16N4O. The molecule has 0 unspecified atom stereocenters. The molecule has 5 nitrogen and oxygen atoms in total. The number of imidazole rings is 1. The molecule has 0 aliphatic carbocycles. The van der Waals surface area contributed by atoms with E-state index in [1.165, 1.54) is 0 Å². The summed E-state index contributed by atoms with van der Waals surface area (Å²) < 4.78 is 5.09. The fourth-order valence-electron chi connectivity index (χ4n) is 1.65. The van der Waals surface area contributed by atoms with Crippen LogP contribution in [0, 0.1) is 6.92 Å². The highest BCUT2D eigenvalue weighted by Crippen LogP contribution is 2.21. The van der Waals surface area contributed by atoms with Gasteiger partial charge >= 0.3 is 0 Å². The number of benzene rings is 1. The van der Waals surface area contributed by atoms with E-state index >= 15 is 0 Å². The maximum atomic E-state index is 5.78. The third-order valence-electron chi connectivity index (χ3n) is 2.35. The molecule has 5 heteroatoms. The van der Waals surface area contributed by atoms with E-state index in [4.69, 9.17) is 10.5 Å². The van der Waals surface area contributed by atoms with Crippen LogP contribution in [0.5, 0.6) is 0 Å². The number of aryl methyl sites for hydroxylation is 1. The first-order valence-electron chi connectivity index (χ1n) is 5.36. The largest absolute Gasteiger partial charge is 0.382 e. The van der Waals surface area contributed by atoms with Crippen LogP contribution in [-0.2, 0) is 11.3 Å². The maximum absolute atomic E-state index is 5.78. The SMILES string of the molecule is COCc1cccc(Nc2nc(C)[nH]c2N)c1. The summed E-state index contributed by atoms with van der Waals surface area (Å²) in [5.74, 6) is 1.98. The van der Waals surface area contributed by atoms with E-state index in [0.717, 1.165) is 17.1 Å². The number of aromatic amines is 1. The predicted octanol–water partition coefficient (Wildman–Crippen LogP) is 2.19. The van der Waals surface area contributed by atoms with Crippen molar-refractivity contribution in [2.75, 3.05) is 18.2 Å². The zero-order valence-electron chi connectivity index (χ0n) is 9.95. The van der Waals surface area contributed by atoms with Gasteiger partial charge in [-0.05, 0) is 24.6 Å². The van der Waals surface area contributed by atoms with E-state index in [2.05, 4.69) is 15.3 Å². The average Bonchev–Trinajstić information content (AvgIpc) is 2.58. The van der Waals surface area contributed by atoms with Crippen LogP contribution in [0.4, 0.5) is 17.3 Å². The lowest BCUT2D eigenvalue weighted by Gasteiger charge is -2.06. The van der Waals surface area contributed by atoms with Crippen molar-refractivity contribution in [2.24, 2.45) is 0 Å². The Bertz CT molecular complexity index is 507. The third-order valence-corrected chi connectivity index (χ3v) is 2.35. The Labute approximate surface area is 100 Å². The Balaban J connectivity index is 2.18. The number of nitrogens with one attached hydrogen (secondary N) is 2. The molecule has 1 aromatic heterocycles. The quantitative estimate of drug-likeness (QED) is 0.755. The van der Waals surface area contributed by atoms with Crippen LogP contribution in [0.2, 0.25) is 0 Å². The molecule has 1 heterocycles. The number of aromatic nitrogens is 2. The van der Waals surface area contributed by atoms with E-state index in [1.54, 1.807) is 7.11 Å². The van der Waals surface area contributed by atoms with Gasteiger partial charge in [-0.15, -0.1) is 0 Å². The van der Waals surface area contributed by atoms with Crippen LogP contribution >= 0.6 is 0 Å². The van der Waals surface area contributed by atoms with Crippen LogP contribution in [0.15, 0.2) is 24.3 Å². The Morgan fingerprint density at radius 2 is 2.29 bits per heavy atom. The second kappa shape index (κ2) is 4.88. The van der Waals surface area contributed by atoms with Crippen molar-refractivity contribution >= 4 is 17.3 Å².